The lowest BCUT2D eigenvalue weighted by Gasteiger charge is -2.12. The molecule has 0 fully saturated rings. The molecule has 2 rings (SSSR count). The highest BCUT2D eigenvalue weighted by Gasteiger charge is 2.16. The van der Waals surface area contributed by atoms with E-state index in [9.17, 15) is 8.42 Å². The van der Waals surface area contributed by atoms with E-state index in [0.717, 1.165) is 11.1 Å². The maximum Gasteiger partial charge on any atom is 0.261 e. The van der Waals surface area contributed by atoms with Gasteiger partial charge in [-0.1, -0.05) is 0 Å². The highest BCUT2D eigenvalue weighted by Crippen LogP contribution is 2.25. The Morgan fingerprint density at radius 2 is 1.76 bits per heavy atom. The van der Waals surface area contributed by atoms with Crippen LogP contribution in [0.5, 0.6) is 5.75 Å². The molecule has 5 nitrogen and oxygen atoms in total. The zero-order chi connectivity index (χ0) is 15.6. The molecule has 2 aromatic rings. The van der Waals surface area contributed by atoms with E-state index in [1.54, 1.807) is 44.4 Å². The number of hydrogen-bond donors (Lipinski definition) is 2. The average Bonchev–Trinajstić information content (AvgIpc) is 2.43. The monoisotopic (exact) mass is 306 g/mol. The maximum atomic E-state index is 12.4. The Labute approximate surface area is 124 Å². The number of ether oxygens (including phenoxy) is 1. The average molecular weight is 306 g/mol. The third-order valence-corrected chi connectivity index (χ3v) is 4.59. The molecule has 0 heterocycles. The fourth-order valence-electron chi connectivity index (χ4n) is 1.90. The lowest BCUT2D eigenvalue weighted by Crippen LogP contribution is -2.14. The standard InChI is InChI=1S/C15H18N2O3S/c1-10-9-13(5-6-14(10)16)21(18,19)17-15-7-4-12(20-3)8-11(15)2/h4-9,17H,16H2,1-3H3. The van der Waals surface area contributed by atoms with Crippen LogP contribution in [0, 0.1) is 13.8 Å². The van der Waals surface area contributed by atoms with Crippen molar-refractivity contribution in [3.05, 3.63) is 47.5 Å². The van der Waals surface area contributed by atoms with Crippen molar-refractivity contribution in [2.75, 3.05) is 17.6 Å². The van der Waals surface area contributed by atoms with Crippen molar-refractivity contribution >= 4 is 21.4 Å². The van der Waals surface area contributed by atoms with Gasteiger partial charge in [0.2, 0.25) is 0 Å². The summed E-state index contributed by atoms with van der Waals surface area (Å²) in [5, 5.41) is 0. The fourth-order valence-corrected chi connectivity index (χ4v) is 3.11. The molecule has 0 saturated heterocycles. The number of nitrogen functional groups attached to an aromatic ring is 1. The number of nitrogens with two attached hydrogens (primary N) is 1. The molecule has 0 spiro atoms. The van der Waals surface area contributed by atoms with Gasteiger partial charge in [0.1, 0.15) is 5.75 Å². The topological polar surface area (TPSA) is 81.4 Å². The van der Waals surface area contributed by atoms with Crippen LogP contribution in [0.3, 0.4) is 0 Å². The highest BCUT2D eigenvalue weighted by molar-refractivity contribution is 7.92. The minimum atomic E-state index is -3.64. The molecule has 0 aromatic heterocycles. The molecular formula is C15H18N2O3S. The van der Waals surface area contributed by atoms with Gasteiger partial charge in [-0.15, -0.1) is 0 Å². The van der Waals surface area contributed by atoms with Gasteiger partial charge in [0.25, 0.3) is 10.0 Å². The molecule has 0 atom stereocenters. The molecule has 21 heavy (non-hydrogen) atoms. The van der Waals surface area contributed by atoms with Crippen LogP contribution >= 0.6 is 0 Å². The van der Waals surface area contributed by atoms with Gasteiger partial charge in [-0.2, -0.15) is 0 Å². The molecule has 112 valence electrons. The fraction of sp³-hybridized carbons (Fsp3) is 0.200. The van der Waals surface area contributed by atoms with Gasteiger partial charge in [-0.05, 0) is 61.4 Å². The Bertz CT molecular complexity index is 770. The van der Waals surface area contributed by atoms with E-state index in [1.807, 2.05) is 6.92 Å². The summed E-state index contributed by atoms with van der Waals surface area (Å²) in [5.74, 6) is 0.679. The van der Waals surface area contributed by atoms with Crippen molar-refractivity contribution in [1.82, 2.24) is 0 Å². The molecule has 0 saturated carbocycles. The van der Waals surface area contributed by atoms with Crippen molar-refractivity contribution in [2.24, 2.45) is 0 Å². The molecule has 6 heteroatoms. The summed E-state index contributed by atoms with van der Waals surface area (Å²) in [6.45, 7) is 3.58. The molecular weight excluding hydrogens is 288 g/mol. The van der Waals surface area contributed by atoms with Gasteiger partial charge in [0.05, 0.1) is 17.7 Å². The predicted octanol–water partition coefficient (Wildman–Crippen LogP) is 2.70. The van der Waals surface area contributed by atoms with Crippen LogP contribution in [0.1, 0.15) is 11.1 Å². The normalized spacial score (nSPS) is 11.2. The number of benzene rings is 2. The van der Waals surface area contributed by atoms with E-state index in [-0.39, 0.29) is 4.90 Å². The summed E-state index contributed by atoms with van der Waals surface area (Å²) in [5.41, 5.74) is 8.30. The molecule has 2 aromatic carbocycles. The number of methoxy groups -OCH3 is 1. The molecule has 0 aliphatic heterocycles. The summed E-state index contributed by atoms with van der Waals surface area (Å²) in [7, 11) is -2.08. The van der Waals surface area contributed by atoms with E-state index in [0.29, 0.717) is 17.1 Å². The van der Waals surface area contributed by atoms with Gasteiger partial charge in [0, 0.05) is 5.69 Å². The summed E-state index contributed by atoms with van der Waals surface area (Å²) < 4.78 is 32.5. The maximum absolute atomic E-state index is 12.4. The van der Waals surface area contributed by atoms with Crippen LogP contribution in [0.2, 0.25) is 0 Å². The van der Waals surface area contributed by atoms with Crippen LogP contribution in [-0.4, -0.2) is 15.5 Å². The first-order valence-corrected chi connectivity index (χ1v) is 7.85. The Balaban J connectivity index is 2.35. The number of rotatable bonds is 4. The first-order valence-electron chi connectivity index (χ1n) is 6.37. The molecule has 0 radical (unpaired) electrons. The second-order valence-corrected chi connectivity index (χ2v) is 6.49. The highest BCUT2D eigenvalue weighted by atomic mass is 32.2. The molecule has 0 amide bonds. The van der Waals surface area contributed by atoms with Gasteiger partial charge < -0.3 is 10.5 Å². The molecule has 0 bridgehead atoms. The molecule has 0 aliphatic carbocycles. The zero-order valence-electron chi connectivity index (χ0n) is 12.2. The Morgan fingerprint density at radius 1 is 1.05 bits per heavy atom. The van der Waals surface area contributed by atoms with Crippen LogP contribution in [0.15, 0.2) is 41.3 Å². The van der Waals surface area contributed by atoms with Gasteiger partial charge in [-0.3, -0.25) is 4.72 Å². The quantitative estimate of drug-likeness (QED) is 0.851. The zero-order valence-corrected chi connectivity index (χ0v) is 13.0. The summed E-state index contributed by atoms with van der Waals surface area (Å²) >= 11 is 0. The predicted molar refractivity (Wildman–Crippen MR) is 84.1 cm³/mol. The van der Waals surface area contributed by atoms with Crippen LogP contribution in [0.4, 0.5) is 11.4 Å². The van der Waals surface area contributed by atoms with E-state index in [1.165, 1.54) is 6.07 Å². The number of aryl methyl sites for hydroxylation is 2. The summed E-state index contributed by atoms with van der Waals surface area (Å²) in [6, 6.07) is 9.78. The van der Waals surface area contributed by atoms with Gasteiger partial charge in [-0.25, -0.2) is 8.42 Å². The summed E-state index contributed by atoms with van der Waals surface area (Å²) in [6.07, 6.45) is 0. The first-order chi connectivity index (χ1) is 9.83. The Hall–Kier alpha value is -2.21. The minimum absolute atomic E-state index is 0.185. The largest absolute Gasteiger partial charge is 0.497 e. The second kappa shape index (κ2) is 5.65. The van der Waals surface area contributed by atoms with Crippen molar-refractivity contribution < 1.29 is 13.2 Å². The van der Waals surface area contributed by atoms with Gasteiger partial charge in [0.15, 0.2) is 0 Å². The SMILES string of the molecule is COc1ccc(NS(=O)(=O)c2ccc(N)c(C)c2)c(C)c1. The third kappa shape index (κ3) is 3.28. The van der Waals surface area contributed by atoms with E-state index < -0.39 is 10.0 Å². The molecule has 3 N–H and O–H groups in total. The lowest BCUT2D eigenvalue weighted by molar-refractivity contribution is 0.414. The van der Waals surface area contributed by atoms with Crippen molar-refractivity contribution in [1.29, 1.82) is 0 Å². The number of nitrogens with one attached hydrogen (secondary N) is 1. The van der Waals surface area contributed by atoms with E-state index >= 15 is 0 Å². The number of hydrogen-bond acceptors (Lipinski definition) is 4. The Morgan fingerprint density at radius 3 is 2.33 bits per heavy atom. The Kier molecular flexibility index (Phi) is 4.09. The van der Waals surface area contributed by atoms with Crippen molar-refractivity contribution in [3.8, 4) is 5.75 Å². The third-order valence-electron chi connectivity index (χ3n) is 3.23. The number of anilines is 2. The minimum Gasteiger partial charge on any atom is -0.497 e. The van der Waals surface area contributed by atoms with E-state index in [4.69, 9.17) is 10.5 Å². The van der Waals surface area contributed by atoms with E-state index in [2.05, 4.69) is 4.72 Å². The van der Waals surface area contributed by atoms with Crippen molar-refractivity contribution in [3.63, 3.8) is 0 Å². The first kappa shape index (κ1) is 15.2. The summed E-state index contributed by atoms with van der Waals surface area (Å²) in [4.78, 5) is 0.185. The molecule has 0 aliphatic rings. The number of sulfonamides is 1. The lowest BCUT2D eigenvalue weighted by atomic mass is 10.2. The molecule has 0 unspecified atom stereocenters. The van der Waals surface area contributed by atoms with Crippen molar-refractivity contribution in [2.45, 2.75) is 18.7 Å². The second-order valence-electron chi connectivity index (χ2n) is 4.80. The van der Waals surface area contributed by atoms with Crippen LogP contribution in [0.25, 0.3) is 0 Å². The van der Waals surface area contributed by atoms with Gasteiger partial charge >= 0.3 is 0 Å². The smallest absolute Gasteiger partial charge is 0.261 e. The van der Waals surface area contributed by atoms with Crippen LogP contribution < -0.4 is 15.2 Å². The van der Waals surface area contributed by atoms with Crippen LogP contribution in [-0.2, 0) is 10.0 Å².